The van der Waals surface area contributed by atoms with Gasteiger partial charge in [-0.2, -0.15) is 0 Å². The molecule has 3 atom stereocenters. The molecule has 2 N–H and O–H groups in total. The number of fused-ring (bicyclic) bond motifs is 5. The molecule has 6 heteroatoms. The summed E-state index contributed by atoms with van der Waals surface area (Å²) in [6.45, 7) is 3.35. The third-order valence-corrected chi connectivity index (χ3v) is 8.09. The Morgan fingerprint density at radius 3 is 2.66 bits per heavy atom. The summed E-state index contributed by atoms with van der Waals surface area (Å²) in [6, 6.07) is 21.7. The zero-order valence-electron chi connectivity index (χ0n) is 21.6. The molecule has 0 spiro atoms. The Morgan fingerprint density at radius 2 is 1.87 bits per heavy atom. The van der Waals surface area contributed by atoms with Gasteiger partial charge in [-0.1, -0.05) is 49.2 Å². The number of ether oxygens (including phenoxy) is 1. The Bertz CT molecular complexity index is 1480. The van der Waals surface area contributed by atoms with E-state index >= 15 is 4.39 Å². The standard InChI is InChI=1S/C32H33FN2O3/c1-20-15-16-35-29-17-22(32(36)37)11-13-26(29)30(24-9-5-6-10-27(24)33)31(35)25-14-12-23(18-28(25)34-20)38-19-21-7-3-2-4-8-21/h2-4,7-8,11-14,17-18,20,24,27,34H,5-6,9-10,15-16,19H2,1H3,(H,36,37)/t20?,24?,27-/m0/s1. The van der Waals surface area contributed by atoms with Gasteiger partial charge in [-0.05, 0) is 61.6 Å². The molecular weight excluding hydrogens is 479 g/mol. The number of hydrogen-bond acceptors (Lipinski definition) is 3. The van der Waals surface area contributed by atoms with Gasteiger partial charge in [0, 0.05) is 46.7 Å². The summed E-state index contributed by atoms with van der Waals surface area (Å²) in [5.74, 6) is -0.394. The summed E-state index contributed by atoms with van der Waals surface area (Å²) in [4.78, 5) is 11.9. The fourth-order valence-electron chi connectivity index (χ4n) is 6.16. The molecule has 0 saturated heterocycles. The zero-order chi connectivity index (χ0) is 26.2. The van der Waals surface area contributed by atoms with Gasteiger partial charge in [0.1, 0.15) is 18.5 Å². The van der Waals surface area contributed by atoms with Gasteiger partial charge < -0.3 is 19.7 Å². The van der Waals surface area contributed by atoms with Crippen LogP contribution in [0.1, 0.15) is 66.4 Å². The molecule has 5 nitrogen and oxygen atoms in total. The lowest BCUT2D eigenvalue weighted by Crippen LogP contribution is -2.23. The second kappa shape index (κ2) is 10.2. The molecule has 196 valence electrons. The van der Waals surface area contributed by atoms with Crippen molar-refractivity contribution in [3.05, 3.63) is 83.4 Å². The van der Waals surface area contributed by atoms with Gasteiger partial charge in [-0.15, -0.1) is 0 Å². The van der Waals surface area contributed by atoms with Crippen molar-refractivity contribution in [1.29, 1.82) is 0 Å². The van der Waals surface area contributed by atoms with E-state index in [-0.39, 0.29) is 17.5 Å². The number of alkyl halides is 1. The summed E-state index contributed by atoms with van der Waals surface area (Å²) in [7, 11) is 0. The number of carboxylic acid groups (broad SMARTS) is 1. The molecule has 2 heterocycles. The zero-order valence-corrected chi connectivity index (χ0v) is 21.6. The number of hydrogen-bond donors (Lipinski definition) is 2. The van der Waals surface area contributed by atoms with Crippen molar-refractivity contribution in [2.24, 2.45) is 0 Å². The van der Waals surface area contributed by atoms with Crippen molar-refractivity contribution in [1.82, 2.24) is 4.57 Å². The van der Waals surface area contributed by atoms with Crippen LogP contribution in [-0.2, 0) is 13.2 Å². The van der Waals surface area contributed by atoms with Crippen LogP contribution in [-0.4, -0.2) is 27.9 Å². The lowest BCUT2D eigenvalue weighted by molar-refractivity contribution is 0.0697. The number of benzene rings is 3. The Balaban J connectivity index is 1.52. The van der Waals surface area contributed by atoms with Crippen LogP contribution < -0.4 is 10.1 Å². The first-order valence-electron chi connectivity index (χ1n) is 13.6. The van der Waals surface area contributed by atoms with Crippen LogP contribution >= 0.6 is 0 Å². The fourth-order valence-corrected chi connectivity index (χ4v) is 6.16. The lowest BCUT2D eigenvalue weighted by atomic mass is 9.80. The molecule has 1 aliphatic heterocycles. The molecule has 3 aromatic carbocycles. The van der Waals surface area contributed by atoms with E-state index in [1.54, 1.807) is 12.1 Å². The average molecular weight is 513 g/mol. The van der Waals surface area contributed by atoms with Crippen molar-refractivity contribution in [2.45, 2.75) is 70.3 Å². The second-order valence-electron chi connectivity index (χ2n) is 10.7. The van der Waals surface area contributed by atoms with E-state index in [4.69, 9.17) is 4.74 Å². The lowest BCUT2D eigenvalue weighted by Gasteiger charge is -2.29. The minimum atomic E-state index is -0.952. The van der Waals surface area contributed by atoms with Crippen molar-refractivity contribution in [2.75, 3.05) is 5.32 Å². The monoisotopic (exact) mass is 512 g/mol. The highest BCUT2D eigenvalue weighted by molar-refractivity contribution is 5.99. The molecule has 38 heavy (non-hydrogen) atoms. The fraction of sp³-hybridized carbons (Fsp3) is 0.344. The normalized spacial score (nSPS) is 21.1. The maximum atomic E-state index is 15.5. The minimum Gasteiger partial charge on any atom is -0.489 e. The number of carbonyl (C=O) groups is 1. The van der Waals surface area contributed by atoms with Crippen LogP contribution in [0.4, 0.5) is 10.1 Å². The van der Waals surface area contributed by atoms with Crippen molar-refractivity contribution in [3.8, 4) is 17.0 Å². The summed E-state index contributed by atoms with van der Waals surface area (Å²) in [5.41, 5.74) is 6.20. The largest absolute Gasteiger partial charge is 0.489 e. The number of aromatic nitrogens is 1. The second-order valence-corrected chi connectivity index (χ2v) is 10.7. The Hall–Kier alpha value is -3.80. The molecule has 1 aliphatic carbocycles. The van der Waals surface area contributed by atoms with Gasteiger partial charge >= 0.3 is 5.97 Å². The van der Waals surface area contributed by atoms with Gasteiger partial charge in [0.15, 0.2) is 0 Å². The molecule has 1 fully saturated rings. The summed E-state index contributed by atoms with van der Waals surface area (Å²) in [5, 5.41) is 14.4. The van der Waals surface area contributed by atoms with Gasteiger partial charge in [-0.25, -0.2) is 9.18 Å². The maximum absolute atomic E-state index is 15.5. The highest BCUT2D eigenvalue weighted by Gasteiger charge is 2.34. The molecule has 1 saturated carbocycles. The summed E-state index contributed by atoms with van der Waals surface area (Å²) in [6.07, 6.45) is 3.22. The highest BCUT2D eigenvalue weighted by atomic mass is 19.1. The first-order valence-corrected chi connectivity index (χ1v) is 13.6. The Kier molecular flexibility index (Phi) is 6.56. The first kappa shape index (κ1) is 24.5. The predicted molar refractivity (Wildman–Crippen MR) is 149 cm³/mol. The van der Waals surface area contributed by atoms with E-state index in [1.165, 1.54) is 0 Å². The number of rotatable bonds is 5. The molecular formula is C32H33FN2O3. The van der Waals surface area contributed by atoms with E-state index in [0.29, 0.717) is 13.0 Å². The predicted octanol–water partition coefficient (Wildman–Crippen LogP) is 7.79. The highest BCUT2D eigenvalue weighted by Crippen LogP contribution is 2.48. The number of nitrogens with zero attached hydrogens (tertiary/aromatic N) is 1. The van der Waals surface area contributed by atoms with Crippen LogP contribution in [0.2, 0.25) is 0 Å². The Morgan fingerprint density at radius 1 is 1.05 bits per heavy atom. The quantitative estimate of drug-likeness (QED) is 0.287. The van der Waals surface area contributed by atoms with E-state index in [9.17, 15) is 9.90 Å². The molecule has 4 aromatic rings. The SMILES string of the molecule is CC1CCn2c(c(C3CCCC[C@@H]3F)c3ccc(C(=O)O)cc32)-c2ccc(OCc3ccccc3)cc2N1. The molecule has 1 aromatic heterocycles. The van der Waals surface area contributed by atoms with Crippen LogP contribution in [0.25, 0.3) is 22.2 Å². The third kappa shape index (κ3) is 4.53. The summed E-state index contributed by atoms with van der Waals surface area (Å²) >= 11 is 0. The molecule has 6 rings (SSSR count). The van der Waals surface area contributed by atoms with E-state index < -0.39 is 12.1 Å². The smallest absolute Gasteiger partial charge is 0.335 e. The van der Waals surface area contributed by atoms with Gasteiger partial charge in [-0.3, -0.25) is 0 Å². The molecule has 2 aliphatic rings. The van der Waals surface area contributed by atoms with E-state index in [0.717, 1.165) is 77.0 Å². The van der Waals surface area contributed by atoms with Gasteiger partial charge in [0.05, 0.1) is 11.3 Å². The number of aromatic carboxylic acids is 1. The minimum absolute atomic E-state index is 0.193. The van der Waals surface area contributed by atoms with Crippen molar-refractivity contribution in [3.63, 3.8) is 0 Å². The summed E-state index contributed by atoms with van der Waals surface area (Å²) < 4.78 is 23.9. The molecule has 0 amide bonds. The number of aryl methyl sites for hydroxylation is 1. The van der Waals surface area contributed by atoms with Crippen LogP contribution in [0.3, 0.4) is 0 Å². The van der Waals surface area contributed by atoms with Crippen LogP contribution in [0.5, 0.6) is 5.75 Å². The van der Waals surface area contributed by atoms with Crippen molar-refractivity contribution >= 4 is 22.6 Å². The average Bonchev–Trinajstić information content (AvgIpc) is 3.23. The number of halogens is 1. The first-order chi connectivity index (χ1) is 18.5. The van der Waals surface area contributed by atoms with Crippen LogP contribution in [0.15, 0.2) is 66.7 Å². The topological polar surface area (TPSA) is 63.5 Å². The number of nitrogens with one attached hydrogen (secondary N) is 1. The Labute approximate surface area is 222 Å². The van der Waals surface area contributed by atoms with E-state index in [2.05, 4.69) is 22.9 Å². The molecule has 0 bridgehead atoms. The third-order valence-electron chi connectivity index (χ3n) is 8.09. The number of carboxylic acids is 1. The molecule has 2 unspecified atom stereocenters. The van der Waals surface area contributed by atoms with Crippen LogP contribution in [0, 0.1) is 0 Å². The van der Waals surface area contributed by atoms with Gasteiger partial charge in [0.2, 0.25) is 0 Å². The van der Waals surface area contributed by atoms with E-state index in [1.807, 2.05) is 48.5 Å². The molecule has 0 radical (unpaired) electrons. The van der Waals surface area contributed by atoms with Gasteiger partial charge in [0.25, 0.3) is 0 Å². The maximum Gasteiger partial charge on any atom is 0.335 e. The number of anilines is 1. The van der Waals surface area contributed by atoms with Crippen molar-refractivity contribution < 1.29 is 19.0 Å².